The lowest BCUT2D eigenvalue weighted by Gasteiger charge is -2.41. The molecule has 2 saturated heterocycles. The van der Waals surface area contributed by atoms with Crippen molar-refractivity contribution in [2.75, 3.05) is 33.2 Å². The lowest BCUT2D eigenvalue weighted by Crippen LogP contribution is -2.60. The first-order valence-electron chi connectivity index (χ1n) is 10.7. The highest BCUT2D eigenvalue weighted by Gasteiger charge is 2.39. The van der Waals surface area contributed by atoms with Crippen LogP contribution in [0.3, 0.4) is 0 Å². The summed E-state index contributed by atoms with van der Waals surface area (Å²) in [4.78, 5) is 29.4. The van der Waals surface area contributed by atoms with E-state index in [0.717, 1.165) is 69.4 Å². The SMILES string of the molecule is CN1CCCN(C(=O)c2cccc(CC3NNC(=O)C4CCCCC34)c2)CC1. The lowest BCUT2D eigenvalue weighted by atomic mass is 9.72. The van der Waals surface area contributed by atoms with E-state index in [0.29, 0.717) is 5.92 Å². The van der Waals surface area contributed by atoms with Crippen molar-refractivity contribution in [2.24, 2.45) is 11.8 Å². The van der Waals surface area contributed by atoms with Crippen molar-refractivity contribution in [2.45, 2.75) is 44.6 Å². The number of hydrogen-bond donors (Lipinski definition) is 2. The molecule has 0 spiro atoms. The van der Waals surface area contributed by atoms with Crippen LogP contribution in [-0.2, 0) is 11.2 Å². The highest BCUT2D eigenvalue weighted by Crippen LogP contribution is 2.35. The molecule has 3 aliphatic rings. The lowest BCUT2D eigenvalue weighted by molar-refractivity contribution is -0.133. The number of hydrogen-bond acceptors (Lipinski definition) is 4. The van der Waals surface area contributed by atoms with Gasteiger partial charge in [0.1, 0.15) is 0 Å². The predicted octanol–water partition coefficient (Wildman–Crippen LogP) is 1.82. The van der Waals surface area contributed by atoms with E-state index < -0.39 is 0 Å². The Bertz CT molecular complexity index is 722. The molecule has 152 valence electrons. The van der Waals surface area contributed by atoms with Crippen molar-refractivity contribution in [3.8, 4) is 0 Å². The van der Waals surface area contributed by atoms with Crippen LogP contribution >= 0.6 is 0 Å². The van der Waals surface area contributed by atoms with Crippen LogP contribution in [0, 0.1) is 11.8 Å². The number of rotatable bonds is 3. The standard InChI is InChI=1S/C22H32N4O2/c1-25-10-5-11-26(13-12-25)22(28)17-7-4-6-16(14-17)15-20-18-8-2-3-9-19(18)21(27)24-23-20/h4,6-7,14,18-20,23H,2-3,5,8-13,15H2,1H3,(H,24,27). The Morgan fingerprint density at radius 1 is 1.11 bits per heavy atom. The van der Waals surface area contributed by atoms with E-state index in [1.165, 1.54) is 6.42 Å². The topological polar surface area (TPSA) is 64.7 Å². The van der Waals surface area contributed by atoms with Crippen molar-refractivity contribution in [1.29, 1.82) is 0 Å². The van der Waals surface area contributed by atoms with Crippen LogP contribution in [0.2, 0.25) is 0 Å². The first-order chi connectivity index (χ1) is 13.6. The summed E-state index contributed by atoms with van der Waals surface area (Å²) in [7, 11) is 2.11. The molecule has 0 bridgehead atoms. The molecule has 0 radical (unpaired) electrons. The van der Waals surface area contributed by atoms with Gasteiger partial charge in [-0.2, -0.15) is 0 Å². The van der Waals surface area contributed by atoms with Gasteiger partial charge in [0.2, 0.25) is 5.91 Å². The maximum absolute atomic E-state index is 13.0. The van der Waals surface area contributed by atoms with E-state index in [9.17, 15) is 9.59 Å². The summed E-state index contributed by atoms with van der Waals surface area (Å²) in [6, 6.07) is 8.31. The fraction of sp³-hybridized carbons (Fsp3) is 0.636. The number of fused-ring (bicyclic) bond motifs is 1. The van der Waals surface area contributed by atoms with Gasteiger partial charge in [-0.15, -0.1) is 0 Å². The summed E-state index contributed by atoms with van der Waals surface area (Å²) in [5.74, 6) is 0.815. The van der Waals surface area contributed by atoms with Gasteiger partial charge in [-0.3, -0.25) is 15.0 Å². The van der Waals surface area contributed by atoms with Crippen LogP contribution in [0.1, 0.15) is 48.0 Å². The third-order valence-corrected chi connectivity index (χ3v) is 6.69. The molecule has 2 heterocycles. The third-order valence-electron chi connectivity index (χ3n) is 6.69. The Labute approximate surface area is 167 Å². The summed E-state index contributed by atoms with van der Waals surface area (Å²) in [5, 5.41) is 0. The van der Waals surface area contributed by atoms with Gasteiger partial charge in [0.25, 0.3) is 5.91 Å². The molecule has 0 aromatic heterocycles. The second-order valence-electron chi connectivity index (χ2n) is 8.65. The van der Waals surface area contributed by atoms with Gasteiger partial charge in [0.15, 0.2) is 0 Å². The van der Waals surface area contributed by atoms with Crippen LogP contribution in [0.4, 0.5) is 0 Å². The molecule has 2 aliphatic heterocycles. The Kier molecular flexibility index (Phi) is 5.97. The Hall–Kier alpha value is -1.92. The van der Waals surface area contributed by atoms with Crippen molar-refractivity contribution >= 4 is 11.8 Å². The van der Waals surface area contributed by atoms with Gasteiger partial charge >= 0.3 is 0 Å². The van der Waals surface area contributed by atoms with E-state index in [-0.39, 0.29) is 23.8 Å². The average Bonchev–Trinajstić information content (AvgIpc) is 2.94. The molecular weight excluding hydrogens is 352 g/mol. The molecule has 3 atom stereocenters. The van der Waals surface area contributed by atoms with Crippen LogP contribution < -0.4 is 10.9 Å². The van der Waals surface area contributed by atoms with Gasteiger partial charge in [0, 0.05) is 37.2 Å². The van der Waals surface area contributed by atoms with Crippen LogP contribution in [0.25, 0.3) is 0 Å². The first kappa shape index (κ1) is 19.4. The van der Waals surface area contributed by atoms with Crippen molar-refractivity contribution in [3.63, 3.8) is 0 Å². The normalized spacial score (nSPS) is 29.0. The second kappa shape index (κ2) is 8.62. The highest BCUT2D eigenvalue weighted by atomic mass is 16.2. The van der Waals surface area contributed by atoms with E-state index in [1.54, 1.807) is 0 Å². The maximum Gasteiger partial charge on any atom is 0.253 e. The fourth-order valence-electron chi connectivity index (χ4n) is 5.05. The Balaban J connectivity index is 1.45. The third kappa shape index (κ3) is 4.23. The number of carbonyl (C=O) groups excluding carboxylic acids is 2. The summed E-state index contributed by atoms with van der Waals surface area (Å²) < 4.78 is 0. The number of amides is 2. The van der Waals surface area contributed by atoms with E-state index in [2.05, 4.69) is 28.9 Å². The van der Waals surface area contributed by atoms with Crippen molar-refractivity contribution in [3.05, 3.63) is 35.4 Å². The molecule has 3 unspecified atom stereocenters. The molecular formula is C22H32N4O2. The number of benzene rings is 1. The molecule has 1 aromatic carbocycles. The van der Waals surface area contributed by atoms with Crippen molar-refractivity contribution in [1.82, 2.24) is 20.7 Å². The molecule has 28 heavy (non-hydrogen) atoms. The van der Waals surface area contributed by atoms with Gasteiger partial charge in [-0.25, -0.2) is 5.43 Å². The molecule has 1 aromatic rings. The molecule has 2 N–H and O–H groups in total. The van der Waals surface area contributed by atoms with Crippen LogP contribution in [0.5, 0.6) is 0 Å². The largest absolute Gasteiger partial charge is 0.337 e. The van der Waals surface area contributed by atoms with Crippen LogP contribution in [-0.4, -0.2) is 60.9 Å². The number of nitrogens with one attached hydrogen (secondary N) is 2. The second-order valence-corrected chi connectivity index (χ2v) is 8.65. The minimum atomic E-state index is 0.137. The van der Waals surface area contributed by atoms with E-state index >= 15 is 0 Å². The van der Waals surface area contributed by atoms with Crippen LogP contribution in [0.15, 0.2) is 24.3 Å². The molecule has 6 heteroatoms. The zero-order chi connectivity index (χ0) is 19.5. The van der Waals surface area contributed by atoms with E-state index in [1.807, 2.05) is 23.1 Å². The number of likely N-dealkylation sites (N-methyl/N-ethyl adjacent to an activating group) is 1. The van der Waals surface area contributed by atoms with Crippen molar-refractivity contribution < 1.29 is 9.59 Å². The zero-order valence-corrected chi connectivity index (χ0v) is 16.8. The van der Waals surface area contributed by atoms with Gasteiger partial charge < -0.3 is 9.80 Å². The van der Waals surface area contributed by atoms with Gasteiger partial charge in [-0.05, 0) is 62.9 Å². The summed E-state index contributed by atoms with van der Waals surface area (Å²) in [6.07, 6.45) is 6.32. The fourth-order valence-corrected chi connectivity index (χ4v) is 5.05. The summed E-state index contributed by atoms with van der Waals surface area (Å²) >= 11 is 0. The Morgan fingerprint density at radius 3 is 2.86 bits per heavy atom. The molecule has 6 nitrogen and oxygen atoms in total. The monoisotopic (exact) mass is 384 g/mol. The van der Waals surface area contributed by atoms with E-state index in [4.69, 9.17) is 0 Å². The molecule has 1 saturated carbocycles. The highest BCUT2D eigenvalue weighted by molar-refractivity contribution is 5.94. The first-order valence-corrected chi connectivity index (χ1v) is 10.7. The molecule has 4 rings (SSSR count). The molecule has 2 amide bonds. The zero-order valence-electron chi connectivity index (χ0n) is 16.8. The number of carbonyl (C=O) groups is 2. The Morgan fingerprint density at radius 2 is 1.96 bits per heavy atom. The molecule has 3 fully saturated rings. The smallest absolute Gasteiger partial charge is 0.253 e. The maximum atomic E-state index is 13.0. The average molecular weight is 385 g/mol. The quantitative estimate of drug-likeness (QED) is 0.834. The van der Waals surface area contributed by atoms with Gasteiger partial charge in [-0.1, -0.05) is 25.0 Å². The number of nitrogens with zero attached hydrogens (tertiary/aromatic N) is 2. The van der Waals surface area contributed by atoms with Gasteiger partial charge in [0.05, 0.1) is 0 Å². The minimum absolute atomic E-state index is 0.137. The molecule has 1 aliphatic carbocycles. The number of hydrazine groups is 1. The minimum Gasteiger partial charge on any atom is -0.337 e. The predicted molar refractivity (Wildman–Crippen MR) is 109 cm³/mol. The summed E-state index contributed by atoms with van der Waals surface area (Å²) in [5.41, 5.74) is 8.07. The summed E-state index contributed by atoms with van der Waals surface area (Å²) in [6.45, 7) is 3.60.